The van der Waals surface area contributed by atoms with Crippen molar-refractivity contribution < 1.29 is 22.7 Å². The Morgan fingerprint density at radius 1 is 1.10 bits per heavy atom. The first-order chi connectivity index (χ1) is 13.5. The summed E-state index contributed by atoms with van der Waals surface area (Å²) in [7, 11) is -3.68. The molecule has 0 spiro atoms. The molecule has 0 aliphatic carbocycles. The van der Waals surface area contributed by atoms with Crippen molar-refractivity contribution in [1.29, 1.82) is 0 Å². The van der Waals surface area contributed by atoms with Crippen molar-refractivity contribution >= 4 is 38.2 Å². The molecule has 1 amide bonds. The van der Waals surface area contributed by atoms with Gasteiger partial charge in [0.2, 0.25) is 10.0 Å². The fourth-order valence-corrected chi connectivity index (χ4v) is 4.89. The van der Waals surface area contributed by atoms with E-state index in [1.54, 1.807) is 33.8 Å². The van der Waals surface area contributed by atoms with Crippen LogP contribution in [0.4, 0.5) is 5.00 Å². The molecule has 1 aromatic carbocycles. The van der Waals surface area contributed by atoms with E-state index in [1.807, 2.05) is 6.92 Å². The summed E-state index contributed by atoms with van der Waals surface area (Å²) in [4.78, 5) is 25.8. The molecule has 0 saturated heterocycles. The van der Waals surface area contributed by atoms with Crippen LogP contribution < -0.4 is 10.0 Å². The molecule has 9 heteroatoms. The highest BCUT2D eigenvalue weighted by Gasteiger charge is 2.23. The van der Waals surface area contributed by atoms with E-state index in [4.69, 9.17) is 4.74 Å². The van der Waals surface area contributed by atoms with Crippen molar-refractivity contribution in [3.05, 3.63) is 46.3 Å². The molecule has 0 radical (unpaired) electrons. The van der Waals surface area contributed by atoms with Gasteiger partial charge in [-0.3, -0.25) is 4.79 Å². The summed E-state index contributed by atoms with van der Waals surface area (Å²) in [6, 6.07) is 7.34. The fourth-order valence-electron chi connectivity index (χ4n) is 2.49. The molecule has 0 bridgehead atoms. The van der Waals surface area contributed by atoms with Crippen LogP contribution in [0.15, 0.2) is 35.2 Å². The first kappa shape index (κ1) is 23.1. The maximum atomic E-state index is 12.6. The molecule has 0 fully saturated rings. The van der Waals surface area contributed by atoms with Crippen LogP contribution in [0.1, 0.15) is 60.2 Å². The van der Waals surface area contributed by atoms with Gasteiger partial charge in [0.25, 0.3) is 5.91 Å². The third-order valence-corrected chi connectivity index (χ3v) is 6.69. The third kappa shape index (κ3) is 6.12. The van der Waals surface area contributed by atoms with E-state index in [1.165, 1.54) is 35.6 Å². The molecule has 0 unspecified atom stereocenters. The van der Waals surface area contributed by atoms with Crippen LogP contribution in [0.5, 0.6) is 0 Å². The van der Waals surface area contributed by atoms with Gasteiger partial charge in [0.15, 0.2) is 0 Å². The van der Waals surface area contributed by atoms with Crippen molar-refractivity contribution in [1.82, 2.24) is 4.72 Å². The number of amides is 1. The smallest absolute Gasteiger partial charge is 0.341 e. The van der Waals surface area contributed by atoms with E-state index in [2.05, 4.69) is 10.0 Å². The van der Waals surface area contributed by atoms with E-state index in [0.29, 0.717) is 10.6 Å². The van der Waals surface area contributed by atoms with Gasteiger partial charge in [0, 0.05) is 16.0 Å². The van der Waals surface area contributed by atoms with Crippen LogP contribution in [0.2, 0.25) is 0 Å². The maximum absolute atomic E-state index is 12.6. The van der Waals surface area contributed by atoms with Gasteiger partial charge in [0.05, 0.1) is 17.1 Å². The molecule has 1 heterocycles. The number of hydrogen-bond donors (Lipinski definition) is 2. The first-order valence-electron chi connectivity index (χ1n) is 9.22. The zero-order valence-electron chi connectivity index (χ0n) is 17.2. The topological polar surface area (TPSA) is 102 Å². The van der Waals surface area contributed by atoms with Crippen LogP contribution in [-0.4, -0.2) is 32.4 Å². The summed E-state index contributed by atoms with van der Waals surface area (Å²) in [5, 5.41) is 3.14. The van der Waals surface area contributed by atoms with Crippen LogP contribution in [0, 0.1) is 0 Å². The zero-order chi connectivity index (χ0) is 21.8. The Hall–Kier alpha value is -2.23. The van der Waals surface area contributed by atoms with Gasteiger partial charge < -0.3 is 10.1 Å². The Balaban J connectivity index is 2.22. The lowest BCUT2D eigenvalue weighted by Gasteiger charge is -2.20. The quantitative estimate of drug-likeness (QED) is 0.640. The van der Waals surface area contributed by atoms with Crippen molar-refractivity contribution in [3.8, 4) is 0 Å². The number of aryl methyl sites for hydroxylation is 1. The minimum atomic E-state index is -3.68. The van der Waals surface area contributed by atoms with Crippen LogP contribution in [0.3, 0.4) is 0 Å². The zero-order valence-corrected chi connectivity index (χ0v) is 18.8. The molecule has 2 rings (SSSR count). The Morgan fingerprint density at radius 3 is 2.24 bits per heavy atom. The summed E-state index contributed by atoms with van der Waals surface area (Å²) in [6.07, 6.45) is 0.722. The average Bonchev–Trinajstić information content (AvgIpc) is 3.03. The van der Waals surface area contributed by atoms with Crippen LogP contribution >= 0.6 is 11.3 Å². The molecular formula is C20H26N2O5S2. The summed E-state index contributed by atoms with van der Waals surface area (Å²) in [5.41, 5.74) is -0.0225. The van der Waals surface area contributed by atoms with Gasteiger partial charge in [-0.25, -0.2) is 17.9 Å². The summed E-state index contributed by atoms with van der Waals surface area (Å²) in [5.74, 6) is -0.929. The van der Waals surface area contributed by atoms with E-state index < -0.39 is 27.4 Å². The van der Waals surface area contributed by atoms with E-state index >= 15 is 0 Å². The number of hydrogen-bond acceptors (Lipinski definition) is 6. The van der Waals surface area contributed by atoms with Gasteiger partial charge in [-0.05, 0) is 64.4 Å². The van der Waals surface area contributed by atoms with Crippen molar-refractivity contribution in [2.75, 3.05) is 11.9 Å². The molecule has 7 nitrogen and oxygen atoms in total. The van der Waals surface area contributed by atoms with E-state index in [-0.39, 0.29) is 17.1 Å². The summed E-state index contributed by atoms with van der Waals surface area (Å²) < 4.78 is 32.4. The van der Waals surface area contributed by atoms with E-state index in [0.717, 1.165) is 11.3 Å². The molecule has 0 aliphatic rings. The minimum Gasteiger partial charge on any atom is -0.462 e. The van der Waals surface area contributed by atoms with Crippen LogP contribution in [-0.2, 0) is 21.2 Å². The molecule has 2 aromatic rings. The Morgan fingerprint density at radius 2 is 1.72 bits per heavy atom. The predicted molar refractivity (Wildman–Crippen MR) is 114 cm³/mol. The van der Waals surface area contributed by atoms with E-state index in [9.17, 15) is 18.0 Å². The molecular weight excluding hydrogens is 412 g/mol. The standard InChI is InChI=1S/C20H26N2O5S2/c1-6-14-12-16(19(24)27-7-2)18(28-14)21-17(23)13-8-10-15(11-9-13)29(25,26)22-20(3,4)5/h8-12,22H,6-7H2,1-5H3,(H,21,23). The first-order valence-corrected chi connectivity index (χ1v) is 11.5. The van der Waals surface area contributed by atoms with Crippen LogP contribution in [0.25, 0.3) is 0 Å². The SMILES string of the molecule is CCOC(=O)c1cc(CC)sc1NC(=O)c1ccc(S(=O)(=O)NC(C)(C)C)cc1. The number of sulfonamides is 1. The molecule has 158 valence electrons. The fraction of sp³-hybridized carbons (Fsp3) is 0.400. The highest BCUT2D eigenvalue weighted by atomic mass is 32.2. The Labute approximate surface area is 175 Å². The second-order valence-electron chi connectivity index (χ2n) is 7.36. The molecule has 1 aromatic heterocycles. The van der Waals surface area contributed by atoms with Gasteiger partial charge in [-0.1, -0.05) is 6.92 Å². The molecule has 0 aliphatic heterocycles. The lowest BCUT2D eigenvalue weighted by molar-refractivity contribution is 0.0528. The highest BCUT2D eigenvalue weighted by Crippen LogP contribution is 2.30. The number of carbonyl (C=O) groups is 2. The van der Waals surface area contributed by atoms with Crippen molar-refractivity contribution in [3.63, 3.8) is 0 Å². The second-order valence-corrected chi connectivity index (χ2v) is 10.2. The predicted octanol–water partition coefficient (Wildman–Crippen LogP) is 3.82. The lowest BCUT2D eigenvalue weighted by Crippen LogP contribution is -2.40. The average molecular weight is 439 g/mol. The molecule has 2 N–H and O–H groups in total. The number of esters is 1. The Bertz CT molecular complexity index is 987. The number of benzene rings is 1. The van der Waals surface area contributed by atoms with Gasteiger partial charge >= 0.3 is 5.97 Å². The molecule has 0 atom stereocenters. The maximum Gasteiger partial charge on any atom is 0.341 e. The lowest BCUT2D eigenvalue weighted by atomic mass is 10.1. The largest absolute Gasteiger partial charge is 0.462 e. The van der Waals surface area contributed by atoms with Crippen molar-refractivity contribution in [2.45, 2.75) is 51.5 Å². The summed E-state index contributed by atoms with van der Waals surface area (Å²) in [6.45, 7) is 9.16. The monoisotopic (exact) mass is 438 g/mol. The second kappa shape index (κ2) is 9.06. The normalized spacial score (nSPS) is 11.9. The summed E-state index contributed by atoms with van der Waals surface area (Å²) >= 11 is 1.31. The number of rotatable bonds is 7. The van der Waals surface area contributed by atoms with Gasteiger partial charge in [-0.15, -0.1) is 11.3 Å². The minimum absolute atomic E-state index is 0.0700. The highest BCUT2D eigenvalue weighted by molar-refractivity contribution is 7.89. The Kier molecular flexibility index (Phi) is 7.20. The third-order valence-electron chi connectivity index (χ3n) is 3.72. The van der Waals surface area contributed by atoms with Gasteiger partial charge in [-0.2, -0.15) is 0 Å². The number of anilines is 1. The molecule has 0 saturated carbocycles. The molecule has 29 heavy (non-hydrogen) atoms. The number of carbonyl (C=O) groups excluding carboxylic acids is 2. The number of ether oxygens (including phenoxy) is 1. The van der Waals surface area contributed by atoms with Gasteiger partial charge in [0.1, 0.15) is 5.00 Å². The van der Waals surface area contributed by atoms with Crippen molar-refractivity contribution in [2.24, 2.45) is 0 Å². The number of nitrogens with one attached hydrogen (secondary N) is 2. The number of thiophene rings is 1.